The molecule has 1 amide bonds. The molecule has 1 aromatic heterocycles. The minimum Gasteiger partial charge on any atom is -0.544 e. The highest BCUT2D eigenvalue weighted by molar-refractivity contribution is 6.51. The van der Waals surface area contributed by atoms with Crippen LogP contribution in [0.5, 0.6) is 0 Å². The number of nitrogens with zero attached hydrogens (tertiary/aromatic N) is 2. The predicted octanol–water partition coefficient (Wildman–Crippen LogP) is 3.06. The van der Waals surface area contributed by atoms with Crippen LogP contribution in [0.1, 0.15) is 10.4 Å². The van der Waals surface area contributed by atoms with Gasteiger partial charge in [0, 0.05) is 10.9 Å². The van der Waals surface area contributed by atoms with Crippen LogP contribution >= 0.6 is 23.2 Å². The van der Waals surface area contributed by atoms with E-state index in [-0.39, 0.29) is 5.03 Å². The molecule has 140 valence electrons. The van der Waals surface area contributed by atoms with Gasteiger partial charge in [-0.25, -0.2) is 10.4 Å². The van der Waals surface area contributed by atoms with Gasteiger partial charge in [0.2, 0.25) is 0 Å². The number of benzene rings is 2. The third-order valence-electron chi connectivity index (χ3n) is 3.76. The van der Waals surface area contributed by atoms with Crippen LogP contribution in [-0.2, 0) is 4.79 Å². The number of hydrogen-bond acceptors (Lipinski definition) is 5. The van der Waals surface area contributed by atoms with E-state index in [1.807, 2.05) is 36.4 Å². The fourth-order valence-corrected chi connectivity index (χ4v) is 2.66. The van der Waals surface area contributed by atoms with E-state index in [1.54, 1.807) is 24.3 Å². The maximum atomic E-state index is 12.7. The van der Waals surface area contributed by atoms with Crippen molar-refractivity contribution in [3.8, 4) is 11.3 Å². The van der Waals surface area contributed by atoms with Crippen molar-refractivity contribution in [3.63, 3.8) is 0 Å². The van der Waals surface area contributed by atoms with Gasteiger partial charge < -0.3 is 9.90 Å². The van der Waals surface area contributed by atoms with E-state index in [0.717, 1.165) is 11.8 Å². The molecule has 8 heteroatoms. The van der Waals surface area contributed by atoms with Gasteiger partial charge in [0.15, 0.2) is 0 Å². The lowest BCUT2D eigenvalue weighted by Gasteiger charge is -2.09. The van der Waals surface area contributed by atoms with Crippen molar-refractivity contribution >= 4 is 52.2 Å². The number of nitrogens with one attached hydrogen (secondary N) is 1. The van der Waals surface area contributed by atoms with E-state index in [2.05, 4.69) is 15.5 Å². The topological polar surface area (TPSA) is 94.5 Å². The first-order chi connectivity index (χ1) is 13.5. The minimum absolute atomic E-state index is 0.354. The lowest BCUT2D eigenvalue weighted by Crippen LogP contribution is -2.23. The number of pyridine rings is 1. The fourth-order valence-electron chi connectivity index (χ4n) is 2.48. The number of carboxylic acid groups (broad SMARTS) is 1. The van der Waals surface area contributed by atoms with Crippen molar-refractivity contribution in [2.24, 2.45) is 5.10 Å². The summed E-state index contributed by atoms with van der Waals surface area (Å²) in [6.45, 7) is 0. The molecular weight excluding hydrogens is 401 g/mol. The fraction of sp³-hybridized carbons (Fsp3) is 0. The first kappa shape index (κ1) is 19.5. The molecule has 1 heterocycles. The second-order valence-corrected chi connectivity index (χ2v) is 6.37. The first-order valence-electron chi connectivity index (χ1n) is 8.02. The summed E-state index contributed by atoms with van der Waals surface area (Å²) in [5, 5.41) is 13.9. The maximum Gasteiger partial charge on any atom is 0.272 e. The zero-order valence-electron chi connectivity index (χ0n) is 14.2. The summed E-state index contributed by atoms with van der Waals surface area (Å²) in [5.41, 5.74) is 4.80. The van der Waals surface area contributed by atoms with Crippen molar-refractivity contribution < 1.29 is 14.7 Å². The van der Waals surface area contributed by atoms with Crippen LogP contribution in [0.15, 0.2) is 75.8 Å². The number of halogens is 2. The van der Waals surface area contributed by atoms with E-state index in [4.69, 9.17) is 23.2 Å². The van der Waals surface area contributed by atoms with Crippen molar-refractivity contribution in [2.75, 3.05) is 0 Å². The first-order valence-corrected chi connectivity index (χ1v) is 8.78. The third kappa shape index (κ3) is 4.36. The predicted molar refractivity (Wildman–Crippen MR) is 107 cm³/mol. The Balaban J connectivity index is 1.96. The minimum atomic E-state index is -1.64. The molecule has 0 atom stereocenters. The molecule has 0 unspecified atom stereocenters. The smallest absolute Gasteiger partial charge is 0.272 e. The molecule has 3 rings (SSSR count). The number of hydrogen-bond donors (Lipinski definition) is 1. The van der Waals surface area contributed by atoms with Crippen LogP contribution < -0.4 is 10.5 Å². The number of aliphatic carboxylic acids is 1. The summed E-state index contributed by atoms with van der Waals surface area (Å²) in [6, 6.07) is 18.3. The Morgan fingerprint density at radius 2 is 1.71 bits per heavy atom. The maximum absolute atomic E-state index is 12.7. The van der Waals surface area contributed by atoms with E-state index in [0.29, 0.717) is 22.2 Å². The number of carboxylic acids is 1. The molecule has 0 saturated heterocycles. The lowest BCUT2D eigenvalue weighted by molar-refractivity contribution is -0.298. The highest BCUT2D eigenvalue weighted by Gasteiger charge is 2.13. The highest BCUT2D eigenvalue weighted by atomic mass is 35.5. The molecule has 0 saturated carbocycles. The third-order valence-corrected chi connectivity index (χ3v) is 4.50. The van der Waals surface area contributed by atoms with Crippen LogP contribution in [0.2, 0.25) is 0 Å². The molecule has 0 bridgehead atoms. The quantitative estimate of drug-likeness (QED) is 0.395. The normalized spacial score (nSPS) is 12.1. The van der Waals surface area contributed by atoms with Crippen molar-refractivity contribution in [1.82, 2.24) is 10.4 Å². The Hall–Kier alpha value is -3.22. The Morgan fingerprint density at radius 3 is 2.43 bits per heavy atom. The van der Waals surface area contributed by atoms with Gasteiger partial charge in [-0.3, -0.25) is 4.79 Å². The number of para-hydroxylation sites is 1. The van der Waals surface area contributed by atoms with Gasteiger partial charge in [-0.1, -0.05) is 71.7 Å². The SMILES string of the molecule is O=C([O-])/C(Cl)=C(Cl)\C=N/NC(=O)c1cc(-c2ccccc2)nc2ccccc12. The molecule has 0 aliphatic carbocycles. The van der Waals surface area contributed by atoms with Crippen LogP contribution in [0, 0.1) is 0 Å². The second-order valence-electron chi connectivity index (χ2n) is 5.59. The molecule has 0 radical (unpaired) electrons. The van der Waals surface area contributed by atoms with E-state index in [9.17, 15) is 14.7 Å². The molecule has 1 N–H and O–H groups in total. The average molecular weight is 413 g/mol. The number of carbonyl (C=O) groups is 2. The molecular formula is C20H12Cl2N3O3-. The summed E-state index contributed by atoms with van der Waals surface area (Å²) in [5.74, 6) is -2.15. The zero-order valence-corrected chi connectivity index (χ0v) is 15.7. The van der Waals surface area contributed by atoms with E-state index < -0.39 is 16.9 Å². The molecule has 0 aliphatic rings. The molecule has 0 spiro atoms. The number of amides is 1. The standard InChI is InChI=1S/C20H13Cl2N3O3/c21-15(18(22)20(27)28)11-23-25-19(26)14-10-17(12-6-2-1-3-7-12)24-16-9-5-4-8-13(14)16/h1-11H,(H,25,26)(H,27,28)/p-1/b18-15-,23-11-. The van der Waals surface area contributed by atoms with Gasteiger partial charge in [-0.05, 0) is 12.1 Å². The van der Waals surface area contributed by atoms with Crippen molar-refractivity contribution in [2.45, 2.75) is 0 Å². The van der Waals surface area contributed by atoms with Crippen molar-refractivity contribution in [3.05, 3.63) is 76.3 Å². The van der Waals surface area contributed by atoms with Gasteiger partial charge >= 0.3 is 0 Å². The van der Waals surface area contributed by atoms with Gasteiger partial charge in [0.1, 0.15) is 0 Å². The summed E-state index contributed by atoms with van der Waals surface area (Å²) >= 11 is 11.1. The van der Waals surface area contributed by atoms with Gasteiger partial charge in [0.25, 0.3) is 5.91 Å². The molecule has 28 heavy (non-hydrogen) atoms. The summed E-state index contributed by atoms with van der Waals surface area (Å²) in [7, 11) is 0. The molecule has 0 fully saturated rings. The Kier molecular flexibility index (Phi) is 6.03. The zero-order chi connectivity index (χ0) is 20.1. The Morgan fingerprint density at radius 1 is 1.04 bits per heavy atom. The molecule has 0 aliphatic heterocycles. The van der Waals surface area contributed by atoms with Crippen LogP contribution in [-0.4, -0.2) is 23.1 Å². The van der Waals surface area contributed by atoms with Gasteiger partial charge in [-0.15, -0.1) is 0 Å². The van der Waals surface area contributed by atoms with E-state index in [1.165, 1.54) is 0 Å². The van der Waals surface area contributed by atoms with E-state index >= 15 is 0 Å². The van der Waals surface area contributed by atoms with Crippen LogP contribution in [0.4, 0.5) is 0 Å². The molecule has 2 aromatic carbocycles. The molecule has 3 aromatic rings. The Bertz CT molecular complexity index is 1110. The highest BCUT2D eigenvalue weighted by Crippen LogP contribution is 2.24. The monoisotopic (exact) mass is 412 g/mol. The number of hydrazone groups is 1. The van der Waals surface area contributed by atoms with Crippen LogP contribution in [0.25, 0.3) is 22.2 Å². The summed E-state index contributed by atoms with van der Waals surface area (Å²) < 4.78 is 0. The second kappa shape index (κ2) is 8.65. The molecule has 6 nitrogen and oxygen atoms in total. The summed E-state index contributed by atoms with van der Waals surface area (Å²) in [6.07, 6.45) is 0.916. The van der Waals surface area contributed by atoms with Gasteiger partial charge in [-0.2, -0.15) is 5.10 Å². The summed E-state index contributed by atoms with van der Waals surface area (Å²) in [4.78, 5) is 27.9. The number of allylic oxidation sites excluding steroid dienone is 1. The van der Waals surface area contributed by atoms with Crippen LogP contribution in [0.3, 0.4) is 0 Å². The van der Waals surface area contributed by atoms with Crippen molar-refractivity contribution in [1.29, 1.82) is 0 Å². The Labute approximate surface area is 170 Å². The van der Waals surface area contributed by atoms with Gasteiger partial charge in [0.05, 0.1) is 39.0 Å². The lowest BCUT2D eigenvalue weighted by atomic mass is 10.0. The number of rotatable bonds is 5. The number of carbonyl (C=O) groups excluding carboxylic acids is 2. The number of fused-ring (bicyclic) bond motifs is 1. The largest absolute Gasteiger partial charge is 0.544 e. The average Bonchev–Trinajstić information content (AvgIpc) is 2.72. The number of aromatic nitrogens is 1.